The van der Waals surface area contributed by atoms with E-state index >= 15 is 0 Å². The molecule has 2 amide bonds. The number of nitrogens with one attached hydrogen (secondary N) is 1. The van der Waals surface area contributed by atoms with Crippen LogP contribution < -0.4 is 15.4 Å². The van der Waals surface area contributed by atoms with Gasteiger partial charge in [0.2, 0.25) is 21.8 Å². The van der Waals surface area contributed by atoms with Gasteiger partial charge >= 0.3 is 0 Å². The molecule has 2 aromatic rings. The van der Waals surface area contributed by atoms with Gasteiger partial charge in [0, 0.05) is 11.3 Å². The number of carbonyl (C=O) groups excluding carboxylic acids is 2. The van der Waals surface area contributed by atoms with Gasteiger partial charge in [0.05, 0.1) is 11.9 Å². The molecule has 0 aliphatic rings. The lowest BCUT2D eigenvalue weighted by Crippen LogP contribution is -2.38. The first-order valence-electron chi connectivity index (χ1n) is 8.25. The third-order valence-corrected chi connectivity index (χ3v) is 5.32. The van der Waals surface area contributed by atoms with E-state index in [-0.39, 0.29) is 6.54 Å². The zero-order chi connectivity index (χ0) is 20.4. The average Bonchev–Trinajstić information content (AvgIpc) is 2.55. The van der Waals surface area contributed by atoms with Crippen LogP contribution in [0, 0.1) is 20.8 Å². The van der Waals surface area contributed by atoms with Gasteiger partial charge in [0.25, 0.3) is 0 Å². The number of hydrogen-bond acceptors (Lipinski definition) is 4. The zero-order valence-corrected chi connectivity index (χ0v) is 16.6. The Morgan fingerprint density at radius 1 is 1.11 bits per heavy atom. The number of sulfonamides is 1. The smallest absolute Gasteiger partial charge is 0.249 e. The SMILES string of the molecule is Cc1ccc(C)c(N(CC(=O)Nc2cccc(C(N)=O)c2C)S(C)(=O)=O)c1. The van der Waals surface area contributed by atoms with Crippen molar-refractivity contribution in [1.82, 2.24) is 0 Å². The van der Waals surface area contributed by atoms with Crippen molar-refractivity contribution in [2.45, 2.75) is 20.8 Å². The van der Waals surface area contributed by atoms with Crippen LogP contribution in [-0.2, 0) is 14.8 Å². The number of nitrogens with zero attached hydrogens (tertiary/aromatic N) is 1. The molecule has 0 aliphatic heterocycles. The Labute approximate surface area is 159 Å². The van der Waals surface area contributed by atoms with Gasteiger partial charge in [-0.25, -0.2) is 8.42 Å². The van der Waals surface area contributed by atoms with Crippen LogP contribution in [0.15, 0.2) is 36.4 Å². The summed E-state index contributed by atoms with van der Waals surface area (Å²) < 4.78 is 25.6. The maximum Gasteiger partial charge on any atom is 0.249 e. The second kappa shape index (κ2) is 7.79. The summed E-state index contributed by atoms with van der Waals surface area (Å²) in [5.74, 6) is -1.12. The van der Waals surface area contributed by atoms with Crippen LogP contribution in [0.5, 0.6) is 0 Å². The van der Waals surface area contributed by atoms with E-state index in [9.17, 15) is 18.0 Å². The molecular weight excluding hydrogens is 366 g/mol. The van der Waals surface area contributed by atoms with Gasteiger partial charge in [0.1, 0.15) is 6.54 Å². The van der Waals surface area contributed by atoms with Gasteiger partial charge in [-0.3, -0.25) is 13.9 Å². The minimum absolute atomic E-state index is 0.294. The van der Waals surface area contributed by atoms with Gasteiger partial charge in [-0.15, -0.1) is 0 Å². The lowest BCUT2D eigenvalue weighted by atomic mass is 10.1. The fraction of sp³-hybridized carbons (Fsp3) is 0.263. The maximum absolute atomic E-state index is 12.5. The number of hydrogen-bond donors (Lipinski definition) is 2. The minimum Gasteiger partial charge on any atom is -0.366 e. The van der Waals surface area contributed by atoms with Crippen molar-refractivity contribution in [3.8, 4) is 0 Å². The molecule has 27 heavy (non-hydrogen) atoms. The molecule has 0 atom stereocenters. The van der Waals surface area contributed by atoms with E-state index < -0.39 is 21.8 Å². The Hall–Kier alpha value is -2.87. The number of nitrogens with two attached hydrogens (primary N) is 1. The molecule has 3 N–H and O–H groups in total. The molecule has 144 valence electrons. The second-order valence-corrected chi connectivity index (χ2v) is 8.36. The molecule has 0 saturated heterocycles. The Kier molecular flexibility index (Phi) is 5.90. The van der Waals surface area contributed by atoms with Gasteiger partial charge < -0.3 is 11.1 Å². The number of amides is 2. The fourth-order valence-corrected chi connectivity index (χ4v) is 3.63. The van der Waals surface area contributed by atoms with Crippen molar-refractivity contribution in [3.63, 3.8) is 0 Å². The second-order valence-electron chi connectivity index (χ2n) is 6.45. The van der Waals surface area contributed by atoms with Crippen molar-refractivity contribution in [1.29, 1.82) is 0 Å². The summed E-state index contributed by atoms with van der Waals surface area (Å²) in [7, 11) is -3.68. The van der Waals surface area contributed by atoms with Gasteiger partial charge in [-0.2, -0.15) is 0 Å². The number of anilines is 2. The molecule has 2 aromatic carbocycles. The van der Waals surface area contributed by atoms with E-state index in [2.05, 4.69) is 5.32 Å². The molecule has 0 aliphatic carbocycles. The monoisotopic (exact) mass is 389 g/mol. The highest BCUT2D eigenvalue weighted by Gasteiger charge is 2.23. The number of carbonyl (C=O) groups is 2. The molecular formula is C19H23N3O4S. The van der Waals surface area contributed by atoms with E-state index in [0.29, 0.717) is 22.5 Å². The molecule has 7 nitrogen and oxygen atoms in total. The predicted molar refractivity (Wildman–Crippen MR) is 106 cm³/mol. The van der Waals surface area contributed by atoms with Gasteiger partial charge in [0.15, 0.2) is 0 Å². The third kappa shape index (κ3) is 4.85. The number of benzene rings is 2. The molecule has 8 heteroatoms. The molecule has 0 unspecified atom stereocenters. The first kappa shape index (κ1) is 20.4. The number of aryl methyl sites for hydroxylation is 2. The van der Waals surface area contributed by atoms with Gasteiger partial charge in [-0.1, -0.05) is 18.2 Å². The largest absolute Gasteiger partial charge is 0.366 e. The van der Waals surface area contributed by atoms with Crippen molar-refractivity contribution in [2.75, 3.05) is 22.4 Å². The highest BCUT2D eigenvalue weighted by molar-refractivity contribution is 7.92. The maximum atomic E-state index is 12.5. The fourth-order valence-electron chi connectivity index (χ4n) is 2.73. The summed E-state index contributed by atoms with van der Waals surface area (Å²) in [5, 5.41) is 2.66. The molecule has 0 fully saturated rings. The number of primary amides is 1. The summed E-state index contributed by atoms with van der Waals surface area (Å²) >= 11 is 0. The Balaban J connectivity index is 2.32. The predicted octanol–water partition coefficient (Wildman–Crippen LogP) is 2.12. The van der Waals surface area contributed by atoms with Crippen molar-refractivity contribution >= 4 is 33.2 Å². The molecule has 0 spiro atoms. The number of rotatable bonds is 6. The Morgan fingerprint density at radius 3 is 2.37 bits per heavy atom. The molecule has 0 heterocycles. The van der Waals surface area contributed by atoms with Crippen LogP contribution in [0.25, 0.3) is 0 Å². The van der Waals surface area contributed by atoms with E-state index in [4.69, 9.17) is 5.73 Å². The third-order valence-electron chi connectivity index (χ3n) is 4.19. The van der Waals surface area contributed by atoms with Crippen LogP contribution in [0.3, 0.4) is 0 Å². The zero-order valence-electron chi connectivity index (χ0n) is 15.7. The van der Waals surface area contributed by atoms with Crippen LogP contribution >= 0.6 is 0 Å². The standard InChI is InChI=1S/C19H23N3O4S/c1-12-8-9-13(2)17(10-12)22(27(4,25)26)11-18(23)21-16-7-5-6-15(14(16)3)19(20)24/h5-10H,11H2,1-4H3,(H2,20,24)(H,21,23). The summed E-state index contributed by atoms with van der Waals surface area (Å²) in [4.78, 5) is 24.0. The van der Waals surface area contributed by atoms with E-state index in [0.717, 1.165) is 21.7 Å². The van der Waals surface area contributed by atoms with Gasteiger partial charge in [-0.05, 0) is 55.7 Å². The first-order chi connectivity index (χ1) is 12.5. The normalized spacial score (nSPS) is 11.1. The summed E-state index contributed by atoms with van der Waals surface area (Å²) in [6, 6.07) is 10.2. The Morgan fingerprint density at radius 2 is 1.78 bits per heavy atom. The highest BCUT2D eigenvalue weighted by Crippen LogP contribution is 2.24. The van der Waals surface area contributed by atoms with Crippen molar-refractivity contribution in [3.05, 3.63) is 58.7 Å². The molecule has 0 aromatic heterocycles. The average molecular weight is 389 g/mol. The van der Waals surface area contributed by atoms with Crippen molar-refractivity contribution < 1.29 is 18.0 Å². The molecule has 0 bridgehead atoms. The molecule has 2 rings (SSSR count). The quantitative estimate of drug-likeness (QED) is 0.788. The van der Waals surface area contributed by atoms with E-state index in [1.165, 1.54) is 0 Å². The molecule has 0 radical (unpaired) electrons. The summed E-state index contributed by atoms with van der Waals surface area (Å²) in [6.45, 7) is 4.91. The Bertz CT molecular complexity index is 1000. The topological polar surface area (TPSA) is 110 Å². The lowest BCUT2D eigenvalue weighted by Gasteiger charge is -2.24. The summed E-state index contributed by atoms with van der Waals surface area (Å²) in [5.41, 5.74) is 8.62. The summed E-state index contributed by atoms with van der Waals surface area (Å²) in [6.07, 6.45) is 1.06. The highest BCUT2D eigenvalue weighted by atomic mass is 32.2. The van der Waals surface area contributed by atoms with Crippen LogP contribution in [-0.4, -0.2) is 33.0 Å². The van der Waals surface area contributed by atoms with Crippen LogP contribution in [0.2, 0.25) is 0 Å². The lowest BCUT2D eigenvalue weighted by molar-refractivity contribution is -0.114. The first-order valence-corrected chi connectivity index (χ1v) is 10.1. The molecule has 0 saturated carbocycles. The minimum atomic E-state index is -3.68. The van der Waals surface area contributed by atoms with E-state index in [1.54, 1.807) is 44.2 Å². The van der Waals surface area contributed by atoms with Crippen LogP contribution in [0.4, 0.5) is 11.4 Å². The van der Waals surface area contributed by atoms with Crippen molar-refractivity contribution in [2.24, 2.45) is 5.73 Å². The van der Waals surface area contributed by atoms with Crippen LogP contribution in [0.1, 0.15) is 27.0 Å². The van der Waals surface area contributed by atoms with E-state index in [1.807, 2.05) is 13.0 Å².